The predicted molar refractivity (Wildman–Crippen MR) is 65.7 cm³/mol. The van der Waals surface area contributed by atoms with Crippen molar-refractivity contribution in [3.8, 4) is 6.07 Å². The van der Waals surface area contributed by atoms with Gasteiger partial charge in [0.2, 0.25) is 0 Å². The minimum absolute atomic E-state index is 0.229. The first-order chi connectivity index (χ1) is 8.51. The molecule has 7 nitrogen and oxygen atoms in total. The van der Waals surface area contributed by atoms with Crippen molar-refractivity contribution in [1.82, 2.24) is 9.55 Å². The highest BCUT2D eigenvalue weighted by Gasteiger charge is 2.21. The van der Waals surface area contributed by atoms with Gasteiger partial charge in [-0.3, -0.25) is 14.3 Å². The van der Waals surface area contributed by atoms with Crippen molar-refractivity contribution in [2.45, 2.75) is 12.5 Å². The van der Waals surface area contributed by atoms with Crippen LogP contribution in [0.1, 0.15) is 18.0 Å². The maximum absolute atomic E-state index is 11.5. The molecule has 2 N–H and O–H groups in total. The van der Waals surface area contributed by atoms with Crippen molar-refractivity contribution < 1.29 is 9.90 Å². The van der Waals surface area contributed by atoms with Gasteiger partial charge in [-0.05, 0) is 18.4 Å². The van der Waals surface area contributed by atoms with E-state index >= 15 is 0 Å². The van der Waals surface area contributed by atoms with Crippen LogP contribution in [0.4, 0.5) is 0 Å². The maximum Gasteiger partial charge on any atom is 0.329 e. The molecule has 0 saturated heterocycles. The molecule has 0 aliphatic carbocycles. The van der Waals surface area contributed by atoms with Gasteiger partial charge in [0.25, 0.3) is 5.56 Å². The quantitative estimate of drug-likeness (QED) is 0.763. The van der Waals surface area contributed by atoms with Crippen LogP contribution in [0.25, 0.3) is 0 Å². The second-order valence-corrected chi connectivity index (χ2v) is 4.44. The van der Waals surface area contributed by atoms with Gasteiger partial charge in [0.1, 0.15) is 17.7 Å². The number of aromatic amines is 1. The van der Waals surface area contributed by atoms with Crippen LogP contribution < -0.4 is 11.2 Å². The van der Waals surface area contributed by atoms with Crippen molar-refractivity contribution in [2.75, 3.05) is 12.0 Å². The number of aromatic nitrogens is 2. The molecule has 0 saturated carbocycles. The fraction of sp³-hybridized carbons (Fsp3) is 0.400. The fourth-order valence-electron chi connectivity index (χ4n) is 1.41. The van der Waals surface area contributed by atoms with Gasteiger partial charge in [0.05, 0.1) is 0 Å². The molecule has 0 aliphatic rings. The Bertz CT molecular complexity index is 598. The van der Waals surface area contributed by atoms with Crippen LogP contribution in [-0.4, -0.2) is 32.6 Å². The van der Waals surface area contributed by atoms with E-state index in [9.17, 15) is 14.4 Å². The number of hydrogen-bond donors (Lipinski definition) is 2. The molecule has 0 bridgehead atoms. The van der Waals surface area contributed by atoms with E-state index in [0.717, 1.165) is 10.8 Å². The summed E-state index contributed by atoms with van der Waals surface area (Å²) in [6.45, 7) is 0. The first kappa shape index (κ1) is 14.1. The number of aliphatic carboxylic acids is 1. The molecule has 96 valence electrons. The van der Waals surface area contributed by atoms with Gasteiger partial charge in [-0.25, -0.2) is 9.59 Å². The predicted octanol–water partition coefficient (Wildman–Crippen LogP) is -0.213. The Hall–Kier alpha value is -2.01. The lowest BCUT2D eigenvalue weighted by Crippen LogP contribution is -2.36. The molecular weight excluding hydrogens is 258 g/mol. The van der Waals surface area contributed by atoms with E-state index in [1.54, 1.807) is 6.07 Å². The smallest absolute Gasteiger partial charge is 0.329 e. The Morgan fingerprint density at radius 2 is 2.33 bits per heavy atom. The van der Waals surface area contributed by atoms with Gasteiger partial charge in [-0.1, -0.05) is 0 Å². The molecular formula is C10H11N3O4S. The second kappa shape index (κ2) is 6.07. The number of nitrogens with zero attached hydrogens (tertiary/aromatic N) is 2. The maximum atomic E-state index is 11.5. The van der Waals surface area contributed by atoms with Gasteiger partial charge in [0.15, 0.2) is 0 Å². The summed E-state index contributed by atoms with van der Waals surface area (Å²) in [5, 5.41) is 17.8. The van der Waals surface area contributed by atoms with Gasteiger partial charge < -0.3 is 5.11 Å². The third kappa shape index (κ3) is 3.01. The summed E-state index contributed by atoms with van der Waals surface area (Å²) in [6.07, 6.45) is 3.03. The van der Waals surface area contributed by atoms with Crippen molar-refractivity contribution in [3.63, 3.8) is 0 Å². The van der Waals surface area contributed by atoms with Crippen LogP contribution in [0.15, 0.2) is 15.8 Å². The van der Waals surface area contributed by atoms with Gasteiger partial charge in [-0.15, -0.1) is 0 Å². The molecule has 1 unspecified atom stereocenters. The highest BCUT2D eigenvalue weighted by atomic mass is 32.2. The summed E-state index contributed by atoms with van der Waals surface area (Å²) in [7, 11) is 0. The third-order valence-corrected chi connectivity index (χ3v) is 2.95. The molecule has 0 aromatic carbocycles. The molecule has 1 atom stereocenters. The van der Waals surface area contributed by atoms with E-state index in [2.05, 4.69) is 0 Å². The number of carboxylic acid groups (broad SMARTS) is 1. The van der Waals surface area contributed by atoms with Crippen LogP contribution in [0.2, 0.25) is 0 Å². The van der Waals surface area contributed by atoms with E-state index in [1.165, 1.54) is 11.8 Å². The lowest BCUT2D eigenvalue weighted by molar-refractivity contribution is -0.141. The zero-order valence-corrected chi connectivity index (χ0v) is 10.4. The Labute approximate surface area is 106 Å². The third-order valence-electron chi connectivity index (χ3n) is 2.30. The summed E-state index contributed by atoms with van der Waals surface area (Å²) < 4.78 is 0.874. The van der Waals surface area contributed by atoms with Crippen LogP contribution in [0.5, 0.6) is 0 Å². The van der Waals surface area contributed by atoms with Crippen LogP contribution in [0.3, 0.4) is 0 Å². The molecule has 1 rings (SSSR count). The normalized spacial score (nSPS) is 11.8. The first-order valence-electron chi connectivity index (χ1n) is 4.98. The summed E-state index contributed by atoms with van der Waals surface area (Å²) in [6, 6.07) is 0.522. The SMILES string of the molecule is CSCCC(C(=O)O)n1cc(C#N)c(=O)[nH]c1=O. The van der Waals surface area contributed by atoms with Crippen LogP contribution in [0, 0.1) is 11.3 Å². The fourth-order valence-corrected chi connectivity index (χ4v) is 1.87. The Morgan fingerprint density at radius 3 is 2.83 bits per heavy atom. The van der Waals surface area contributed by atoms with E-state index < -0.39 is 23.3 Å². The number of nitriles is 1. The van der Waals surface area contributed by atoms with Crippen LogP contribution in [-0.2, 0) is 4.79 Å². The number of thioether (sulfide) groups is 1. The Morgan fingerprint density at radius 1 is 1.67 bits per heavy atom. The minimum atomic E-state index is -1.18. The number of carboxylic acids is 1. The molecule has 18 heavy (non-hydrogen) atoms. The standard InChI is InChI=1S/C10H11N3O4S/c1-18-3-2-7(9(15)16)13-5-6(4-11)8(14)12-10(13)17/h5,7H,2-3H2,1H3,(H,15,16)(H,12,14,17). The summed E-state index contributed by atoms with van der Waals surface area (Å²) >= 11 is 1.45. The molecule has 0 fully saturated rings. The highest BCUT2D eigenvalue weighted by molar-refractivity contribution is 7.98. The number of rotatable bonds is 5. The van der Waals surface area contributed by atoms with E-state index in [1.807, 2.05) is 11.2 Å². The van der Waals surface area contributed by atoms with Gasteiger partial charge in [0, 0.05) is 6.20 Å². The Kier molecular flexibility index (Phi) is 4.74. The van der Waals surface area contributed by atoms with Crippen molar-refractivity contribution in [3.05, 3.63) is 32.6 Å². The monoisotopic (exact) mass is 269 g/mol. The van der Waals surface area contributed by atoms with Gasteiger partial charge in [-0.2, -0.15) is 17.0 Å². The zero-order chi connectivity index (χ0) is 13.7. The van der Waals surface area contributed by atoms with Crippen LogP contribution >= 0.6 is 11.8 Å². The average Bonchev–Trinajstić information content (AvgIpc) is 2.31. The largest absolute Gasteiger partial charge is 0.480 e. The average molecular weight is 269 g/mol. The molecule has 1 aromatic rings. The zero-order valence-electron chi connectivity index (χ0n) is 9.54. The van der Waals surface area contributed by atoms with Crippen molar-refractivity contribution >= 4 is 17.7 Å². The molecule has 0 aliphatic heterocycles. The molecule has 1 heterocycles. The minimum Gasteiger partial charge on any atom is -0.480 e. The number of carbonyl (C=O) groups is 1. The summed E-state index contributed by atoms with van der Waals surface area (Å²) in [4.78, 5) is 35.8. The highest BCUT2D eigenvalue weighted by Crippen LogP contribution is 2.12. The van der Waals surface area contributed by atoms with Crippen molar-refractivity contribution in [1.29, 1.82) is 5.26 Å². The number of H-pyrrole nitrogens is 1. The topological polar surface area (TPSA) is 116 Å². The molecule has 0 spiro atoms. The number of hydrogen-bond acceptors (Lipinski definition) is 5. The lowest BCUT2D eigenvalue weighted by atomic mass is 10.2. The summed E-state index contributed by atoms with van der Waals surface area (Å²) in [5.74, 6) is -0.633. The number of nitrogens with one attached hydrogen (secondary N) is 1. The van der Waals surface area contributed by atoms with E-state index in [-0.39, 0.29) is 12.0 Å². The van der Waals surface area contributed by atoms with Gasteiger partial charge >= 0.3 is 11.7 Å². The van der Waals surface area contributed by atoms with E-state index in [4.69, 9.17) is 10.4 Å². The van der Waals surface area contributed by atoms with Crippen molar-refractivity contribution in [2.24, 2.45) is 0 Å². The van der Waals surface area contributed by atoms with E-state index in [0.29, 0.717) is 5.75 Å². The second-order valence-electron chi connectivity index (χ2n) is 3.46. The summed E-state index contributed by atoms with van der Waals surface area (Å²) in [5.41, 5.74) is -1.93. The lowest BCUT2D eigenvalue weighted by Gasteiger charge is -2.14. The Balaban J connectivity index is 3.29. The molecule has 1 aromatic heterocycles. The molecule has 0 radical (unpaired) electrons. The first-order valence-corrected chi connectivity index (χ1v) is 6.38. The molecule has 8 heteroatoms. The molecule has 0 amide bonds.